The molecule has 0 heterocycles. The molecule has 6 nitrogen and oxygen atoms in total. The Morgan fingerprint density at radius 2 is 1.87 bits per heavy atom. The lowest BCUT2D eigenvalue weighted by molar-refractivity contribution is -0.138. The van der Waals surface area contributed by atoms with Crippen molar-refractivity contribution in [3.63, 3.8) is 0 Å². The van der Waals surface area contributed by atoms with Crippen molar-refractivity contribution in [2.45, 2.75) is 27.2 Å². The summed E-state index contributed by atoms with van der Waals surface area (Å²) in [7, 11) is 2.91. The third-order valence-electron chi connectivity index (χ3n) is 3.24. The third kappa shape index (κ3) is 4.25. The number of methoxy groups -OCH3 is 2. The van der Waals surface area contributed by atoms with Gasteiger partial charge in [0.15, 0.2) is 11.5 Å². The van der Waals surface area contributed by atoms with Crippen LogP contribution in [-0.4, -0.2) is 32.6 Å². The van der Waals surface area contributed by atoms with E-state index in [-0.39, 0.29) is 17.2 Å². The number of ketones is 1. The normalized spacial score (nSPS) is 11.1. The predicted molar refractivity (Wildman–Crippen MR) is 88.9 cm³/mol. The number of ether oxygens (including phenoxy) is 3. The average Bonchev–Trinajstić information content (AvgIpc) is 2.52. The summed E-state index contributed by atoms with van der Waals surface area (Å²) in [6.45, 7) is 5.31. The maximum absolute atomic E-state index is 11.9. The molecule has 126 valence electrons. The molecule has 1 aromatic rings. The summed E-state index contributed by atoms with van der Waals surface area (Å²) < 4.78 is 15.7. The van der Waals surface area contributed by atoms with E-state index >= 15 is 0 Å². The summed E-state index contributed by atoms with van der Waals surface area (Å²) in [5, 5.41) is 0. The van der Waals surface area contributed by atoms with E-state index < -0.39 is 5.97 Å². The van der Waals surface area contributed by atoms with Crippen molar-refractivity contribution in [1.82, 2.24) is 0 Å². The topological polar surface area (TPSA) is 87.9 Å². The van der Waals surface area contributed by atoms with Crippen molar-refractivity contribution in [1.29, 1.82) is 0 Å². The van der Waals surface area contributed by atoms with Crippen LogP contribution in [0.4, 0.5) is 5.69 Å². The van der Waals surface area contributed by atoms with Gasteiger partial charge in [-0.15, -0.1) is 0 Å². The van der Waals surface area contributed by atoms with Gasteiger partial charge >= 0.3 is 5.97 Å². The molecule has 0 atom stereocenters. The van der Waals surface area contributed by atoms with Crippen LogP contribution in [0.25, 0.3) is 6.08 Å². The number of rotatable bonds is 7. The lowest BCUT2D eigenvalue weighted by Gasteiger charge is -2.16. The van der Waals surface area contributed by atoms with Crippen molar-refractivity contribution in [2.24, 2.45) is 0 Å². The molecule has 0 spiro atoms. The lowest BCUT2D eigenvalue weighted by atomic mass is 10.0. The van der Waals surface area contributed by atoms with Gasteiger partial charge in [-0.05, 0) is 32.4 Å². The molecule has 0 aliphatic heterocycles. The standard InChI is InChI=1S/C17H23NO5/c1-6-7-23-17(20)10(2)8-13-14(21-4)9-12(11(3)19)15(18)16(13)22-5/h8-9H,6-7,18H2,1-5H3. The van der Waals surface area contributed by atoms with E-state index in [9.17, 15) is 9.59 Å². The zero-order valence-corrected chi connectivity index (χ0v) is 14.2. The molecular formula is C17H23NO5. The second-order valence-electron chi connectivity index (χ2n) is 5.01. The van der Waals surface area contributed by atoms with Crippen LogP contribution in [-0.2, 0) is 9.53 Å². The van der Waals surface area contributed by atoms with E-state index in [1.165, 1.54) is 27.2 Å². The molecule has 0 fully saturated rings. The van der Waals surface area contributed by atoms with Crippen LogP contribution >= 0.6 is 0 Å². The molecule has 0 aromatic heterocycles. The summed E-state index contributed by atoms with van der Waals surface area (Å²) in [6, 6.07) is 1.54. The van der Waals surface area contributed by atoms with E-state index in [2.05, 4.69) is 0 Å². The van der Waals surface area contributed by atoms with Gasteiger partial charge in [0.25, 0.3) is 0 Å². The number of benzene rings is 1. The van der Waals surface area contributed by atoms with E-state index in [0.29, 0.717) is 29.1 Å². The first-order valence-corrected chi connectivity index (χ1v) is 7.28. The highest BCUT2D eigenvalue weighted by atomic mass is 16.5. The first-order valence-electron chi connectivity index (χ1n) is 7.28. The van der Waals surface area contributed by atoms with Crippen molar-refractivity contribution in [3.05, 3.63) is 22.8 Å². The first kappa shape index (κ1) is 18.5. The molecule has 2 N–H and O–H groups in total. The minimum atomic E-state index is -0.426. The van der Waals surface area contributed by atoms with E-state index in [4.69, 9.17) is 19.9 Å². The molecule has 1 rings (SSSR count). The number of nitrogen functional groups attached to an aromatic ring is 1. The Kier molecular flexibility index (Phi) is 6.63. The quantitative estimate of drug-likeness (QED) is 0.359. The first-order chi connectivity index (χ1) is 10.9. The Morgan fingerprint density at radius 3 is 2.35 bits per heavy atom. The highest BCUT2D eigenvalue weighted by Crippen LogP contribution is 2.39. The van der Waals surface area contributed by atoms with Crippen LogP contribution in [0.5, 0.6) is 11.5 Å². The SMILES string of the molecule is CCCOC(=O)C(C)=Cc1c(OC)cc(C(C)=O)c(N)c1OC. The molecule has 0 unspecified atom stereocenters. The Labute approximate surface area is 136 Å². The molecule has 0 aliphatic carbocycles. The van der Waals surface area contributed by atoms with Crippen LogP contribution in [0.2, 0.25) is 0 Å². The van der Waals surface area contributed by atoms with Crippen LogP contribution in [0.1, 0.15) is 43.1 Å². The molecule has 0 saturated carbocycles. The summed E-state index contributed by atoms with van der Waals surface area (Å²) in [6.07, 6.45) is 2.32. The summed E-state index contributed by atoms with van der Waals surface area (Å²) in [4.78, 5) is 23.6. The molecule has 23 heavy (non-hydrogen) atoms. The maximum Gasteiger partial charge on any atom is 0.333 e. The van der Waals surface area contributed by atoms with Crippen LogP contribution in [0.15, 0.2) is 11.6 Å². The summed E-state index contributed by atoms with van der Waals surface area (Å²) >= 11 is 0. The summed E-state index contributed by atoms with van der Waals surface area (Å²) in [5.41, 5.74) is 7.39. The van der Waals surface area contributed by atoms with Gasteiger partial charge in [-0.1, -0.05) is 6.92 Å². The Balaban J connectivity index is 3.42. The van der Waals surface area contributed by atoms with Crippen LogP contribution in [0.3, 0.4) is 0 Å². The van der Waals surface area contributed by atoms with Gasteiger partial charge in [-0.2, -0.15) is 0 Å². The number of carbonyl (C=O) groups is 2. The molecule has 0 saturated heterocycles. The minimum Gasteiger partial charge on any atom is -0.496 e. The second-order valence-corrected chi connectivity index (χ2v) is 5.01. The van der Waals surface area contributed by atoms with E-state index in [1.54, 1.807) is 13.0 Å². The zero-order valence-electron chi connectivity index (χ0n) is 14.2. The van der Waals surface area contributed by atoms with Gasteiger partial charge in [0.2, 0.25) is 0 Å². The molecule has 0 amide bonds. The Bertz CT molecular complexity index is 634. The molecule has 0 bridgehead atoms. The molecule has 0 radical (unpaired) electrons. The van der Waals surface area contributed by atoms with E-state index in [1.807, 2.05) is 6.92 Å². The monoisotopic (exact) mass is 321 g/mol. The predicted octanol–water partition coefficient (Wildman–Crippen LogP) is 2.85. The fraction of sp³-hybridized carbons (Fsp3) is 0.412. The average molecular weight is 321 g/mol. The maximum atomic E-state index is 11.9. The molecular weight excluding hydrogens is 298 g/mol. The van der Waals surface area contributed by atoms with Gasteiger partial charge < -0.3 is 19.9 Å². The Morgan fingerprint density at radius 1 is 1.22 bits per heavy atom. The smallest absolute Gasteiger partial charge is 0.333 e. The fourth-order valence-corrected chi connectivity index (χ4v) is 2.07. The van der Waals surface area contributed by atoms with Gasteiger partial charge in [-0.25, -0.2) is 4.79 Å². The van der Waals surface area contributed by atoms with Gasteiger partial charge in [0.05, 0.1) is 32.1 Å². The van der Waals surface area contributed by atoms with Gasteiger partial charge in [0, 0.05) is 11.1 Å². The summed E-state index contributed by atoms with van der Waals surface area (Å²) in [5.74, 6) is 0.0555. The largest absolute Gasteiger partial charge is 0.496 e. The third-order valence-corrected chi connectivity index (χ3v) is 3.24. The van der Waals surface area contributed by atoms with Crippen molar-refractivity contribution in [2.75, 3.05) is 26.6 Å². The number of Topliss-reactive ketones (excluding diaryl/α,β-unsaturated/α-hetero) is 1. The highest BCUT2D eigenvalue weighted by molar-refractivity contribution is 6.03. The molecule has 6 heteroatoms. The van der Waals surface area contributed by atoms with Crippen molar-refractivity contribution >= 4 is 23.5 Å². The Hall–Kier alpha value is -2.50. The van der Waals surface area contributed by atoms with E-state index in [0.717, 1.165) is 6.42 Å². The van der Waals surface area contributed by atoms with Crippen molar-refractivity contribution < 1.29 is 23.8 Å². The number of hydrogen-bond acceptors (Lipinski definition) is 6. The lowest BCUT2D eigenvalue weighted by Crippen LogP contribution is -2.08. The zero-order chi connectivity index (χ0) is 17.6. The van der Waals surface area contributed by atoms with Crippen LogP contribution in [0, 0.1) is 0 Å². The van der Waals surface area contributed by atoms with Gasteiger partial charge in [-0.3, -0.25) is 4.79 Å². The van der Waals surface area contributed by atoms with Gasteiger partial charge in [0.1, 0.15) is 5.75 Å². The number of anilines is 1. The number of hydrogen-bond donors (Lipinski definition) is 1. The fourth-order valence-electron chi connectivity index (χ4n) is 2.07. The van der Waals surface area contributed by atoms with Crippen LogP contribution < -0.4 is 15.2 Å². The number of nitrogens with two attached hydrogens (primary N) is 1. The number of esters is 1. The molecule has 1 aromatic carbocycles. The molecule has 0 aliphatic rings. The second kappa shape index (κ2) is 8.22. The number of carbonyl (C=O) groups excluding carboxylic acids is 2. The highest BCUT2D eigenvalue weighted by Gasteiger charge is 2.20. The van der Waals surface area contributed by atoms with Crippen molar-refractivity contribution in [3.8, 4) is 11.5 Å². The minimum absolute atomic E-state index is 0.200.